The molecular weight excluding hydrogens is 620 g/mol. The summed E-state index contributed by atoms with van der Waals surface area (Å²) in [5, 5.41) is 12.4. The third-order valence-electron chi connectivity index (χ3n) is 8.16. The van der Waals surface area contributed by atoms with Gasteiger partial charge in [-0.15, -0.1) is 0 Å². The molecule has 4 N–H and O–H groups in total. The number of rotatable bonds is 11. The van der Waals surface area contributed by atoms with Gasteiger partial charge in [0.05, 0.1) is 29.8 Å². The van der Waals surface area contributed by atoms with Gasteiger partial charge < -0.3 is 35.2 Å². The lowest BCUT2D eigenvalue weighted by Gasteiger charge is -2.31. The van der Waals surface area contributed by atoms with Crippen molar-refractivity contribution >= 4 is 29.5 Å². The SMILES string of the molecule is COc1cc(Cl)c(C(=O)N[C@H](C)C(=O)NC2CCC(NC(=O)OC(C)(C)C)CC2)cc1-c1ccc(CN[C@H](C)c2ccc(C)cc2)o1. The van der Waals surface area contributed by atoms with Crippen molar-refractivity contribution in [3.05, 3.63) is 76.0 Å². The lowest BCUT2D eigenvalue weighted by atomic mass is 9.91. The average Bonchev–Trinajstić information content (AvgIpc) is 3.48. The zero-order valence-corrected chi connectivity index (χ0v) is 29.0. The standard InChI is InChI=1S/C36H47ClN4O6/c1-21-8-10-24(11-9-21)22(2)38-20-27-16-17-31(46-27)29-18-28(30(37)19-32(29)45-7)34(43)39-23(3)33(42)40-25-12-14-26(15-13-25)41-35(44)47-36(4,5)6/h8-11,16-19,22-23,25-26,38H,12-15,20H2,1-7H3,(H,39,43)(H,40,42)(H,41,44)/t22-,23-,25?,26?/m1/s1. The van der Waals surface area contributed by atoms with E-state index in [1.807, 2.05) is 32.9 Å². The molecule has 2 atom stereocenters. The Morgan fingerprint density at radius 3 is 2.21 bits per heavy atom. The fourth-order valence-electron chi connectivity index (χ4n) is 5.46. The molecule has 0 aliphatic heterocycles. The van der Waals surface area contributed by atoms with Crippen LogP contribution in [0, 0.1) is 6.92 Å². The third kappa shape index (κ3) is 10.2. The lowest BCUT2D eigenvalue weighted by Crippen LogP contribution is -2.50. The minimum atomic E-state index is -0.807. The minimum Gasteiger partial charge on any atom is -0.496 e. The van der Waals surface area contributed by atoms with Crippen LogP contribution in [0.4, 0.5) is 4.79 Å². The average molecular weight is 667 g/mol. The van der Waals surface area contributed by atoms with Crippen LogP contribution in [-0.4, -0.2) is 48.7 Å². The number of benzene rings is 2. The van der Waals surface area contributed by atoms with Gasteiger partial charge in [0, 0.05) is 24.2 Å². The molecular formula is C36H47ClN4O6. The summed E-state index contributed by atoms with van der Waals surface area (Å²) in [7, 11) is 1.52. The van der Waals surface area contributed by atoms with E-state index < -0.39 is 23.6 Å². The molecule has 11 heteroatoms. The summed E-state index contributed by atoms with van der Waals surface area (Å²) in [6.45, 7) is 11.8. The summed E-state index contributed by atoms with van der Waals surface area (Å²) in [5.41, 5.74) is 2.59. The molecule has 0 bridgehead atoms. The van der Waals surface area contributed by atoms with Gasteiger partial charge in [0.1, 0.15) is 28.9 Å². The molecule has 1 heterocycles. The van der Waals surface area contributed by atoms with Crippen LogP contribution in [0.5, 0.6) is 5.75 Å². The molecule has 1 fully saturated rings. The highest BCUT2D eigenvalue weighted by atomic mass is 35.5. The number of hydrogen-bond donors (Lipinski definition) is 4. The molecule has 2 aromatic carbocycles. The second kappa shape index (κ2) is 15.7. The van der Waals surface area contributed by atoms with Crippen LogP contribution >= 0.6 is 11.6 Å². The topological polar surface area (TPSA) is 131 Å². The Bertz CT molecular complexity index is 1540. The first-order valence-corrected chi connectivity index (χ1v) is 16.5. The fraction of sp³-hybridized carbons (Fsp3) is 0.472. The van der Waals surface area contributed by atoms with E-state index in [-0.39, 0.29) is 34.6 Å². The number of carbonyl (C=O) groups is 3. The van der Waals surface area contributed by atoms with E-state index in [2.05, 4.69) is 59.4 Å². The first kappa shape index (κ1) is 35.8. The number of hydrogen-bond acceptors (Lipinski definition) is 7. The molecule has 1 saturated carbocycles. The number of amides is 3. The minimum absolute atomic E-state index is 0.00900. The Kier molecular flexibility index (Phi) is 12.0. The smallest absolute Gasteiger partial charge is 0.407 e. The van der Waals surface area contributed by atoms with Gasteiger partial charge in [-0.1, -0.05) is 41.4 Å². The largest absolute Gasteiger partial charge is 0.496 e. The maximum atomic E-state index is 13.3. The number of methoxy groups -OCH3 is 1. The Labute approximate surface area is 282 Å². The Balaban J connectivity index is 1.33. The number of alkyl carbamates (subject to hydrolysis) is 1. The molecule has 10 nitrogen and oxygen atoms in total. The zero-order chi connectivity index (χ0) is 34.3. The Morgan fingerprint density at radius 2 is 1.60 bits per heavy atom. The van der Waals surface area contributed by atoms with Crippen LogP contribution in [-0.2, 0) is 16.1 Å². The molecule has 1 aromatic heterocycles. The van der Waals surface area contributed by atoms with Crippen molar-refractivity contribution in [3.63, 3.8) is 0 Å². The summed E-state index contributed by atoms with van der Waals surface area (Å²) in [4.78, 5) is 38.4. The first-order chi connectivity index (χ1) is 22.2. The second-order valence-electron chi connectivity index (χ2n) is 13.2. The number of furan rings is 1. The number of nitrogens with one attached hydrogen (secondary N) is 4. The van der Waals surface area contributed by atoms with Gasteiger partial charge in [-0.2, -0.15) is 0 Å². The Morgan fingerprint density at radius 1 is 0.957 bits per heavy atom. The van der Waals surface area contributed by atoms with Crippen LogP contribution in [0.2, 0.25) is 5.02 Å². The van der Waals surface area contributed by atoms with Crippen LogP contribution < -0.4 is 26.0 Å². The van der Waals surface area contributed by atoms with E-state index >= 15 is 0 Å². The van der Waals surface area contributed by atoms with Crippen molar-refractivity contribution in [1.29, 1.82) is 0 Å². The second-order valence-corrected chi connectivity index (χ2v) is 13.6. The number of aryl methyl sites for hydroxylation is 1. The summed E-state index contributed by atoms with van der Waals surface area (Å²) in [5.74, 6) is 0.912. The molecule has 0 radical (unpaired) electrons. The Hall–Kier alpha value is -4.02. The lowest BCUT2D eigenvalue weighted by molar-refractivity contribution is -0.123. The molecule has 4 rings (SSSR count). The molecule has 0 saturated heterocycles. The summed E-state index contributed by atoms with van der Waals surface area (Å²) >= 11 is 6.50. The van der Waals surface area contributed by atoms with E-state index in [1.165, 1.54) is 18.2 Å². The molecule has 3 amide bonds. The highest BCUT2D eigenvalue weighted by molar-refractivity contribution is 6.34. The van der Waals surface area contributed by atoms with Gasteiger partial charge in [-0.25, -0.2) is 4.79 Å². The maximum Gasteiger partial charge on any atom is 0.407 e. The number of halogens is 1. The van der Waals surface area contributed by atoms with Gasteiger partial charge in [-0.3, -0.25) is 9.59 Å². The highest BCUT2D eigenvalue weighted by Crippen LogP contribution is 2.36. The van der Waals surface area contributed by atoms with E-state index in [1.54, 1.807) is 19.1 Å². The molecule has 3 aromatic rings. The van der Waals surface area contributed by atoms with E-state index in [0.717, 1.165) is 5.76 Å². The molecule has 47 heavy (non-hydrogen) atoms. The van der Waals surface area contributed by atoms with Crippen molar-refractivity contribution < 1.29 is 28.3 Å². The molecule has 0 unspecified atom stereocenters. The van der Waals surface area contributed by atoms with Crippen molar-refractivity contribution in [2.75, 3.05) is 7.11 Å². The molecule has 0 spiro atoms. The first-order valence-electron chi connectivity index (χ1n) is 16.1. The van der Waals surface area contributed by atoms with Crippen LogP contribution in [0.3, 0.4) is 0 Å². The quantitative estimate of drug-likeness (QED) is 0.176. The van der Waals surface area contributed by atoms with E-state index in [0.29, 0.717) is 49.3 Å². The van der Waals surface area contributed by atoms with Crippen LogP contribution in [0.25, 0.3) is 11.3 Å². The van der Waals surface area contributed by atoms with Crippen molar-refractivity contribution in [3.8, 4) is 17.1 Å². The predicted octanol–water partition coefficient (Wildman–Crippen LogP) is 6.84. The number of ether oxygens (including phenoxy) is 2. The van der Waals surface area contributed by atoms with Gasteiger partial charge in [0.25, 0.3) is 5.91 Å². The molecule has 254 valence electrons. The maximum absolute atomic E-state index is 13.3. The fourth-order valence-corrected chi connectivity index (χ4v) is 5.70. The van der Waals surface area contributed by atoms with Crippen molar-refractivity contribution in [2.45, 2.75) is 104 Å². The van der Waals surface area contributed by atoms with Crippen molar-refractivity contribution in [2.24, 2.45) is 0 Å². The van der Waals surface area contributed by atoms with Gasteiger partial charge in [0.2, 0.25) is 5.91 Å². The zero-order valence-electron chi connectivity index (χ0n) is 28.3. The number of carbonyl (C=O) groups excluding carboxylic acids is 3. The summed E-state index contributed by atoms with van der Waals surface area (Å²) in [6, 6.07) is 14.5. The predicted molar refractivity (Wildman–Crippen MR) is 183 cm³/mol. The van der Waals surface area contributed by atoms with E-state index in [4.69, 9.17) is 25.5 Å². The normalized spacial score (nSPS) is 17.7. The summed E-state index contributed by atoms with van der Waals surface area (Å²) < 4.78 is 17.0. The monoisotopic (exact) mass is 666 g/mol. The van der Waals surface area contributed by atoms with E-state index in [9.17, 15) is 14.4 Å². The molecule has 1 aliphatic rings. The van der Waals surface area contributed by atoms with Crippen LogP contribution in [0.15, 0.2) is 52.9 Å². The summed E-state index contributed by atoms with van der Waals surface area (Å²) in [6.07, 6.45) is 2.39. The highest BCUT2D eigenvalue weighted by Gasteiger charge is 2.28. The third-order valence-corrected chi connectivity index (χ3v) is 8.47. The van der Waals surface area contributed by atoms with Crippen LogP contribution in [0.1, 0.15) is 93.6 Å². The van der Waals surface area contributed by atoms with Crippen molar-refractivity contribution in [1.82, 2.24) is 21.3 Å². The van der Waals surface area contributed by atoms with Gasteiger partial charge >= 0.3 is 6.09 Å². The van der Waals surface area contributed by atoms with Gasteiger partial charge in [-0.05, 0) is 91.0 Å². The van der Waals surface area contributed by atoms with Gasteiger partial charge in [0.15, 0.2) is 0 Å². The molecule has 1 aliphatic carbocycles.